The second kappa shape index (κ2) is 6.68. The topological polar surface area (TPSA) is 66.6 Å². The summed E-state index contributed by atoms with van der Waals surface area (Å²) in [5.74, 6) is 0. The van der Waals surface area contributed by atoms with Gasteiger partial charge in [0.05, 0.1) is 0 Å². The first kappa shape index (κ1) is 14.9. The zero-order valence-corrected chi connectivity index (χ0v) is 11.7. The van der Waals surface area contributed by atoms with Gasteiger partial charge in [0.25, 0.3) is 10.2 Å². The van der Waals surface area contributed by atoms with Crippen LogP contribution < -0.4 is 5.73 Å². The lowest BCUT2D eigenvalue weighted by Gasteiger charge is -2.33. The summed E-state index contributed by atoms with van der Waals surface area (Å²) in [6, 6.07) is 0.175. The highest BCUT2D eigenvalue weighted by Crippen LogP contribution is 2.24. The van der Waals surface area contributed by atoms with Crippen LogP contribution in [0.25, 0.3) is 0 Å². The lowest BCUT2D eigenvalue weighted by atomic mass is 9.96. The van der Waals surface area contributed by atoms with Crippen LogP contribution in [-0.2, 0) is 10.2 Å². The number of rotatable bonds is 6. The van der Waals surface area contributed by atoms with E-state index < -0.39 is 10.2 Å². The number of hydrogen-bond donors (Lipinski definition) is 1. The molecule has 1 aliphatic rings. The molecule has 2 N–H and O–H groups in total. The van der Waals surface area contributed by atoms with E-state index in [4.69, 9.17) is 5.73 Å². The van der Waals surface area contributed by atoms with Crippen molar-refractivity contribution in [2.45, 2.75) is 44.6 Å². The summed E-state index contributed by atoms with van der Waals surface area (Å²) < 4.78 is 27.4. The summed E-state index contributed by atoms with van der Waals surface area (Å²) >= 11 is 0. The second-order valence-electron chi connectivity index (χ2n) is 4.78. The molecular formula is C11H25N3O2S. The maximum atomic E-state index is 12.2. The maximum absolute atomic E-state index is 12.2. The van der Waals surface area contributed by atoms with Crippen molar-refractivity contribution in [2.24, 2.45) is 5.73 Å². The predicted molar refractivity (Wildman–Crippen MR) is 69.9 cm³/mol. The summed E-state index contributed by atoms with van der Waals surface area (Å²) in [6.07, 6.45) is 6.18. The van der Waals surface area contributed by atoms with Crippen molar-refractivity contribution < 1.29 is 8.42 Å². The largest absolute Gasteiger partial charge is 0.330 e. The fourth-order valence-corrected chi connectivity index (χ4v) is 3.67. The highest BCUT2D eigenvalue weighted by atomic mass is 32.2. The molecule has 0 amide bonds. The molecule has 0 aromatic carbocycles. The van der Waals surface area contributed by atoms with E-state index in [9.17, 15) is 8.42 Å². The first-order valence-electron chi connectivity index (χ1n) is 6.39. The van der Waals surface area contributed by atoms with Gasteiger partial charge in [-0.1, -0.05) is 19.3 Å². The first-order chi connectivity index (χ1) is 8.00. The normalized spacial score (nSPS) is 19.1. The van der Waals surface area contributed by atoms with E-state index in [2.05, 4.69) is 0 Å². The summed E-state index contributed by atoms with van der Waals surface area (Å²) in [5.41, 5.74) is 5.40. The summed E-state index contributed by atoms with van der Waals surface area (Å²) in [7, 11) is 0.0282. The van der Waals surface area contributed by atoms with Gasteiger partial charge >= 0.3 is 0 Å². The Morgan fingerprint density at radius 2 is 1.76 bits per heavy atom. The highest BCUT2D eigenvalue weighted by molar-refractivity contribution is 7.86. The molecule has 0 aliphatic heterocycles. The van der Waals surface area contributed by atoms with Crippen molar-refractivity contribution in [3.63, 3.8) is 0 Å². The van der Waals surface area contributed by atoms with Gasteiger partial charge in [0.15, 0.2) is 0 Å². The van der Waals surface area contributed by atoms with Crippen molar-refractivity contribution in [3.8, 4) is 0 Å². The molecule has 6 heteroatoms. The minimum absolute atomic E-state index is 0.175. The third kappa shape index (κ3) is 3.91. The summed E-state index contributed by atoms with van der Waals surface area (Å²) in [6.45, 7) is 1.02. The number of nitrogens with zero attached hydrogens (tertiary/aromatic N) is 2. The minimum Gasteiger partial charge on any atom is -0.330 e. The Kier molecular flexibility index (Phi) is 5.85. The number of hydrogen-bond acceptors (Lipinski definition) is 3. The van der Waals surface area contributed by atoms with Gasteiger partial charge in [-0.05, 0) is 25.8 Å². The van der Waals surface area contributed by atoms with Crippen LogP contribution in [0, 0.1) is 0 Å². The molecule has 0 bridgehead atoms. The predicted octanol–water partition coefficient (Wildman–Crippen LogP) is 0.776. The van der Waals surface area contributed by atoms with Gasteiger partial charge in [0, 0.05) is 26.7 Å². The van der Waals surface area contributed by atoms with Gasteiger partial charge in [-0.15, -0.1) is 0 Å². The molecule has 102 valence electrons. The molecule has 0 aromatic heterocycles. The Morgan fingerprint density at radius 3 is 2.29 bits per heavy atom. The molecule has 1 saturated carbocycles. The van der Waals surface area contributed by atoms with Crippen molar-refractivity contribution in [1.82, 2.24) is 8.61 Å². The molecule has 0 heterocycles. The minimum atomic E-state index is -3.30. The van der Waals surface area contributed by atoms with E-state index in [-0.39, 0.29) is 6.04 Å². The van der Waals surface area contributed by atoms with Gasteiger partial charge in [-0.25, -0.2) is 0 Å². The van der Waals surface area contributed by atoms with Crippen LogP contribution in [0.4, 0.5) is 0 Å². The third-order valence-electron chi connectivity index (χ3n) is 3.52. The molecular weight excluding hydrogens is 238 g/mol. The molecule has 0 saturated heterocycles. The van der Waals surface area contributed by atoms with Crippen LogP contribution in [0.5, 0.6) is 0 Å². The van der Waals surface area contributed by atoms with Crippen LogP contribution in [0.3, 0.4) is 0 Å². The zero-order chi connectivity index (χ0) is 12.9. The van der Waals surface area contributed by atoms with Crippen LogP contribution in [-0.4, -0.2) is 50.3 Å². The molecule has 0 unspecified atom stereocenters. The van der Waals surface area contributed by atoms with Gasteiger partial charge in [0.1, 0.15) is 0 Å². The van der Waals surface area contributed by atoms with Crippen molar-refractivity contribution >= 4 is 10.2 Å². The van der Waals surface area contributed by atoms with Gasteiger partial charge in [0.2, 0.25) is 0 Å². The fraction of sp³-hybridized carbons (Fsp3) is 1.00. The van der Waals surface area contributed by atoms with E-state index in [1.54, 1.807) is 18.4 Å². The standard InChI is InChI=1S/C11H25N3O2S/c1-13(10-6-9-12)17(15,16)14(2)11-7-4-3-5-8-11/h11H,3-10,12H2,1-2H3. The Labute approximate surface area is 105 Å². The van der Waals surface area contributed by atoms with E-state index in [0.29, 0.717) is 19.5 Å². The van der Waals surface area contributed by atoms with Crippen LogP contribution in [0.15, 0.2) is 0 Å². The van der Waals surface area contributed by atoms with Gasteiger partial charge < -0.3 is 5.73 Å². The lowest BCUT2D eigenvalue weighted by Crippen LogP contribution is -2.46. The van der Waals surface area contributed by atoms with Crippen LogP contribution >= 0.6 is 0 Å². The smallest absolute Gasteiger partial charge is 0.281 e. The van der Waals surface area contributed by atoms with E-state index in [1.165, 1.54) is 10.7 Å². The molecule has 1 rings (SSSR count). The van der Waals surface area contributed by atoms with E-state index in [1.807, 2.05) is 0 Å². The average Bonchev–Trinajstić information content (AvgIpc) is 2.35. The van der Waals surface area contributed by atoms with E-state index in [0.717, 1.165) is 25.7 Å². The zero-order valence-electron chi connectivity index (χ0n) is 10.9. The molecule has 0 radical (unpaired) electrons. The Bertz CT molecular complexity index is 313. The third-order valence-corrected chi connectivity index (χ3v) is 5.52. The quantitative estimate of drug-likeness (QED) is 0.770. The van der Waals surface area contributed by atoms with Crippen LogP contribution in [0.1, 0.15) is 38.5 Å². The Hall–Kier alpha value is -0.170. The average molecular weight is 263 g/mol. The van der Waals surface area contributed by atoms with Crippen molar-refractivity contribution in [3.05, 3.63) is 0 Å². The maximum Gasteiger partial charge on any atom is 0.281 e. The highest BCUT2D eigenvalue weighted by Gasteiger charge is 2.30. The van der Waals surface area contributed by atoms with Crippen LogP contribution in [0.2, 0.25) is 0 Å². The van der Waals surface area contributed by atoms with E-state index >= 15 is 0 Å². The summed E-state index contributed by atoms with van der Waals surface area (Å²) in [4.78, 5) is 0. The first-order valence-corrected chi connectivity index (χ1v) is 7.79. The molecule has 0 aromatic rings. The molecule has 17 heavy (non-hydrogen) atoms. The number of nitrogens with two attached hydrogens (primary N) is 1. The summed E-state index contributed by atoms with van der Waals surface area (Å²) in [5, 5.41) is 0. The van der Waals surface area contributed by atoms with Gasteiger partial charge in [-0.2, -0.15) is 17.0 Å². The monoisotopic (exact) mass is 263 g/mol. The molecule has 1 fully saturated rings. The molecule has 0 atom stereocenters. The van der Waals surface area contributed by atoms with Gasteiger partial charge in [-0.3, -0.25) is 0 Å². The molecule has 1 aliphatic carbocycles. The Balaban J connectivity index is 2.61. The Morgan fingerprint density at radius 1 is 1.18 bits per heavy atom. The lowest BCUT2D eigenvalue weighted by molar-refractivity contribution is 0.268. The second-order valence-corrected chi connectivity index (χ2v) is 6.87. The fourth-order valence-electron chi connectivity index (χ4n) is 2.28. The molecule has 0 spiro atoms. The SMILES string of the molecule is CN(CCCN)S(=O)(=O)N(C)C1CCCCC1. The van der Waals surface area contributed by atoms with Crippen molar-refractivity contribution in [2.75, 3.05) is 27.2 Å². The van der Waals surface area contributed by atoms with Crippen molar-refractivity contribution in [1.29, 1.82) is 0 Å². The molecule has 5 nitrogen and oxygen atoms in total.